The van der Waals surface area contributed by atoms with Gasteiger partial charge in [-0.15, -0.1) is 11.6 Å². The number of imidazole rings is 1. The fourth-order valence-corrected chi connectivity index (χ4v) is 3.61. The number of pyridine rings is 1. The Morgan fingerprint density at radius 2 is 2.00 bits per heavy atom. The second kappa shape index (κ2) is 5.53. The standard InChI is InChI=1S/C15H19Cl2N3/c1-9(16)14-19-13-7-12(17)8-18-15(13)20(14)10(2)11-5-3-4-6-11/h7-11H,3-6H2,1-2H3. The smallest absolute Gasteiger partial charge is 0.160 e. The van der Waals surface area contributed by atoms with E-state index in [4.69, 9.17) is 23.2 Å². The monoisotopic (exact) mass is 311 g/mol. The van der Waals surface area contributed by atoms with Gasteiger partial charge in [0, 0.05) is 12.2 Å². The minimum absolute atomic E-state index is 0.133. The number of aromatic nitrogens is 3. The van der Waals surface area contributed by atoms with E-state index in [0.29, 0.717) is 17.0 Å². The van der Waals surface area contributed by atoms with E-state index >= 15 is 0 Å². The first-order chi connectivity index (χ1) is 9.58. The molecule has 0 amide bonds. The summed E-state index contributed by atoms with van der Waals surface area (Å²) in [6.07, 6.45) is 6.90. The van der Waals surface area contributed by atoms with Gasteiger partial charge in [0.05, 0.1) is 10.4 Å². The van der Waals surface area contributed by atoms with E-state index in [9.17, 15) is 0 Å². The molecule has 1 fully saturated rings. The van der Waals surface area contributed by atoms with Crippen LogP contribution in [0.3, 0.4) is 0 Å². The molecule has 2 atom stereocenters. The summed E-state index contributed by atoms with van der Waals surface area (Å²) in [5.74, 6) is 1.59. The van der Waals surface area contributed by atoms with Crippen LogP contribution in [0.5, 0.6) is 0 Å². The number of alkyl halides is 1. The third-order valence-corrected chi connectivity index (χ3v) is 4.77. The van der Waals surface area contributed by atoms with Crippen molar-refractivity contribution in [1.82, 2.24) is 14.5 Å². The zero-order valence-corrected chi connectivity index (χ0v) is 13.3. The van der Waals surface area contributed by atoms with Crippen LogP contribution < -0.4 is 0 Å². The van der Waals surface area contributed by atoms with Gasteiger partial charge >= 0.3 is 0 Å². The highest BCUT2D eigenvalue weighted by atomic mass is 35.5. The first-order valence-corrected chi connectivity index (χ1v) is 8.07. The minimum Gasteiger partial charge on any atom is -0.308 e. The van der Waals surface area contributed by atoms with Crippen LogP contribution in [0.25, 0.3) is 11.2 Å². The maximum Gasteiger partial charge on any atom is 0.160 e. The Morgan fingerprint density at radius 1 is 1.30 bits per heavy atom. The Kier molecular flexibility index (Phi) is 3.91. The summed E-state index contributed by atoms with van der Waals surface area (Å²) in [5, 5.41) is 0.483. The molecule has 0 bridgehead atoms. The Morgan fingerprint density at radius 3 is 2.65 bits per heavy atom. The fraction of sp³-hybridized carbons (Fsp3) is 0.600. The summed E-state index contributed by atoms with van der Waals surface area (Å²) >= 11 is 12.3. The normalized spacial score (nSPS) is 19.6. The van der Waals surface area contributed by atoms with Crippen molar-refractivity contribution in [2.75, 3.05) is 0 Å². The maximum absolute atomic E-state index is 6.33. The number of hydrogen-bond donors (Lipinski definition) is 0. The van der Waals surface area contributed by atoms with Crippen LogP contribution in [0.15, 0.2) is 12.3 Å². The molecule has 3 nitrogen and oxygen atoms in total. The van der Waals surface area contributed by atoms with E-state index in [1.54, 1.807) is 6.20 Å². The molecular formula is C15H19Cl2N3. The van der Waals surface area contributed by atoms with Gasteiger partial charge in [0.15, 0.2) is 5.65 Å². The first kappa shape index (κ1) is 14.2. The second-order valence-corrected chi connectivity index (χ2v) is 6.83. The maximum atomic E-state index is 6.33. The van der Waals surface area contributed by atoms with E-state index in [2.05, 4.69) is 21.5 Å². The SMILES string of the molecule is CC(Cl)c1nc2cc(Cl)cnc2n1C(C)C1CCCC1. The van der Waals surface area contributed by atoms with Gasteiger partial charge in [-0.25, -0.2) is 9.97 Å². The van der Waals surface area contributed by atoms with Gasteiger partial charge in [-0.1, -0.05) is 24.4 Å². The lowest BCUT2D eigenvalue weighted by Crippen LogP contribution is -2.17. The Balaban J connectivity index is 2.13. The molecule has 20 heavy (non-hydrogen) atoms. The lowest BCUT2D eigenvalue weighted by molar-refractivity contribution is 0.358. The highest BCUT2D eigenvalue weighted by Gasteiger charge is 2.27. The van der Waals surface area contributed by atoms with Crippen molar-refractivity contribution in [2.45, 2.75) is 50.9 Å². The van der Waals surface area contributed by atoms with Crippen molar-refractivity contribution in [3.05, 3.63) is 23.1 Å². The summed E-state index contributed by atoms with van der Waals surface area (Å²) < 4.78 is 2.22. The van der Waals surface area contributed by atoms with Crippen LogP contribution in [0.4, 0.5) is 0 Å². The molecule has 1 aliphatic rings. The van der Waals surface area contributed by atoms with E-state index < -0.39 is 0 Å². The molecule has 0 radical (unpaired) electrons. The van der Waals surface area contributed by atoms with Crippen molar-refractivity contribution in [3.63, 3.8) is 0 Å². The molecule has 0 saturated heterocycles. The van der Waals surface area contributed by atoms with Crippen molar-refractivity contribution in [2.24, 2.45) is 5.92 Å². The quantitative estimate of drug-likeness (QED) is 0.735. The summed E-state index contributed by atoms with van der Waals surface area (Å²) in [6.45, 7) is 4.22. The molecular weight excluding hydrogens is 293 g/mol. The average Bonchev–Trinajstić information content (AvgIpc) is 3.04. The number of hydrogen-bond acceptors (Lipinski definition) is 2. The van der Waals surface area contributed by atoms with Crippen molar-refractivity contribution >= 4 is 34.4 Å². The Bertz CT molecular complexity index is 615. The summed E-state index contributed by atoms with van der Waals surface area (Å²) in [4.78, 5) is 9.14. The highest BCUT2D eigenvalue weighted by molar-refractivity contribution is 6.31. The zero-order valence-electron chi connectivity index (χ0n) is 11.8. The number of fused-ring (bicyclic) bond motifs is 1. The molecule has 108 valence electrons. The zero-order chi connectivity index (χ0) is 14.3. The van der Waals surface area contributed by atoms with Crippen LogP contribution in [-0.2, 0) is 0 Å². The second-order valence-electron chi connectivity index (χ2n) is 5.74. The van der Waals surface area contributed by atoms with E-state index in [1.165, 1.54) is 25.7 Å². The molecule has 0 aliphatic heterocycles. The third kappa shape index (κ3) is 2.42. The summed E-state index contributed by atoms with van der Waals surface area (Å²) in [5.41, 5.74) is 1.74. The topological polar surface area (TPSA) is 30.7 Å². The van der Waals surface area contributed by atoms with Crippen LogP contribution in [0, 0.1) is 5.92 Å². The van der Waals surface area contributed by atoms with Crippen molar-refractivity contribution in [1.29, 1.82) is 0 Å². The summed E-state index contributed by atoms with van der Waals surface area (Å²) in [6, 6.07) is 2.25. The number of halogens is 2. The van der Waals surface area contributed by atoms with Crippen molar-refractivity contribution < 1.29 is 0 Å². The first-order valence-electron chi connectivity index (χ1n) is 7.25. The molecule has 2 unspecified atom stereocenters. The molecule has 1 aliphatic carbocycles. The lowest BCUT2D eigenvalue weighted by atomic mass is 9.99. The fourth-order valence-electron chi connectivity index (χ4n) is 3.31. The van der Waals surface area contributed by atoms with Gasteiger partial charge in [-0.2, -0.15) is 0 Å². The number of rotatable bonds is 3. The van der Waals surface area contributed by atoms with E-state index in [1.807, 2.05) is 13.0 Å². The minimum atomic E-state index is -0.133. The predicted molar refractivity (Wildman–Crippen MR) is 83.5 cm³/mol. The molecule has 0 N–H and O–H groups in total. The van der Waals surface area contributed by atoms with E-state index in [-0.39, 0.29) is 5.38 Å². The average molecular weight is 312 g/mol. The van der Waals surface area contributed by atoms with Crippen LogP contribution in [0.2, 0.25) is 5.02 Å². The van der Waals surface area contributed by atoms with Crippen LogP contribution in [0.1, 0.15) is 56.8 Å². The number of nitrogens with zero attached hydrogens (tertiary/aromatic N) is 3. The van der Waals surface area contributed by atoms with Gasteiger partial charge in [0.25, 0.3) is 0 Å². The van der Waals surface area contributed by atoms with E-state index in [0.717, 1.165) is 17.0 Å². The molecule has 2 heterocycles. The summed E-state index contributed by atoms with van der Waals surface area (Å²) in [7, 11) is 0. The highest BCUT2D eigenvalue weighted by Crippen LogP contribution is 2.38. The molecule has 1 saturated carbocycles. The third-order valence-electron chi connectivity index (χ3n) is 4.37. The Labute approximate surface area is 129 Å². The van der Waals surface area contributed by atoms with Gasteiger partial charge < -0.3 is 4.57 Å². The van der Waals surface area contributed by atoms with Crippen molar-refractivity contribution in [3.8, 4) is 0 Å². The molecule has 2 aromatic heterocycles. The van der Waals surface area contributed by atoms with Gasteiger partial charge in [-0.05, 0) is 38.7 Å². The largest absolute Gasteiger partial charge is 0.308 e. The van der Waals surface area contributed by atoms with Crippen LogP contribution >= 0.6 is 23.2 Å². The van der Waals surface area contributed by atoms with Gasteiger partial charge in [-0.3, -0.25) is 0 Å². The molecule has 5 heteroatoms. The lowest BCUT2D eigenvalue weighted by Gasteiger charge is -2.23. The molecule has 3 rings (SSSR count). The van der Waals surface area contributed by atoms with Gasteiger partial charge in [0.2, 0.25) is 0 Å². The molecule has 0 aromatic carbocycles. The molecule has 0 spiro atoms. The Hall–Kier alpha value is -0.800. The predicted octanol–water partition coefficient (Wildman–Crippen LogP) is 5.14. The molecule has 2 aromatic rings. The van der Waals surface area contributed by atoms with Crippen LogP contribution in [-0.4, -0.2) is 14.5 Å². The van der Waals surface area contributed by atoms with Gasteiger partial charge in [0.1, 0.15) is 11.3 Å².